The van der Waals surface area contributed by atoms with Gasteiger partial charge in [0.1, 0.15) is 0 Å². The van der Waals surface area contributed by atoms with Crippen LogP contribution >= 0.6 is 0 Å². The molecule has 0 aliphatic heterocycles. The summed E-state index contributed by atoms with van der Waals surface area (Å²) < 4.78 is 0. The van der Waals surface area contributed by atoms with Gasteiger partial charge in [0.05, 0.1) is 6.54 Å². The summed E-state index contributed by atoms with van der Waals surface area (Å²) in [4.78, 5) is 30.4. The zero-order chi connectivity index (χ0) is 21.6. The lowest BCUT2D eigenvalue weighted by Gasteiger charge is -2.23. The molecule has 0 saturated carbocycles. The van der Waals surface area contributed by atoms with Crippen molar-refractivity contribution in [2.75, 3.05) is 0 Å². The van der Waals surface area contributed by atoms with E-state index in [4.69, 9.17) is 0 Å². The minimum atomic E-state index is -0.212. The van der Waals surface area contributed by atoms with Crippen molar-refractivity contribution in [1.29, 1.82) is 0 Å². The molecule has 3 aromatic carbocycles. The lowest BCUT2D eigenvalue weighted by Crippen LogP contribution is -2.39. The fourth-order valence-corrected chi connectivity index (χ4v) is 3.57. The van der Waals surface area contributed by atoms with E-state index >= 15 is 0 Å². The van der Waals surface area contributed by atoms with Gasteiger partial charge in [-0.15, -0.1) is 0 Å². The summed E-state index contributed by atoms with van der Waals surface area (Å²) in [6.45, 7) is 3.05. The Kier molecular flexibility index (Phi) is 6.13. The van der Waals surface area contributed by atoms with Crippen LogP contribution in [-0.2, 0) is 19.6 Å². The lowest BCUT2D eigenvalue weighted by molar-refractivity contribution is 0.191. The first-order chi connectivity index (χ1) is 15.1. The van der Waals surface area contributed by atoms with Gasteiger partial charge in [0.25, 0.3) is 5.56 Å². The maximum atomic E-state index is 13.0. The number of carbonyl (C=O) groups excluding carboxylic acids is 1. The summed E-state index contributed by atoms with van der Waals surface area (Å²) in [5, 5.41) is 3.93. The molecule has 0 saturated heterocycles. The topological polar surface area (TPSA) is 65.2 Å². The third-order valence-corrected chi connectivity index (χ3v) is 5.23. The van der Waals surface area contributed by atoms with Gasteiger partial charge < -0.3 is 15.2 Å². The molecule has 1 aromatic heterocycles. The number of hydrogen-bond donors (Lipinski definition) is 2. The summed E-state index contributed by atoms with van der Waals surface area (Å²) in [7, 11) is 0. The molecule has 0 fully saturated rings. The Bertz CT molecular complexity index is 1230. The Labute approximate surface area is 181 Å². The molecule has 0 unspecified atom stereocenters. The highest BCUT2D eigenvalue weighted by Gasteiger charge is 2.17. The van der Waals surface area contributed by atoms with Gasteiger partial charge in [-0.2, -0.15) is 0 Å². The molecule has 31 heavy (non-hydrogen) atoms. The number of rotatable bonds is 6. The number of nitrogens with zero attached hydrogens (tertiary/aromatic N) is 1. The predicted molar refractivity (Wildman–Crippen MR) is 124 cm³/mol. The van der Waals surface area contributed by atoms with E-state index in [2.05, 4.69) is 10.3 Å². The van der Waals surface area contributed by atoms with Gasteiger partial charge in [-0.1, -0.05) is 72.8 Å². The van der Waals surface area contributed by atoms with Crippen molar-refractivity contribution < 1.29 is 4.79 Å². The maximum Gasteiger partial charge on any atom is 0.318 e. The lowest BCUT2D eigenvalue weighted by atomic mass is 10.1. The summed E-state index contributed by atoms with van der Waals surface area (Å²) in [6.07, 6.45) is 0. The number of pyridine rings is 1. The first-order valence-corrected chi connectivity index (χ1v) is 10.3. The van der Waals surface area contributed by atoms with E-state index in [1.807, 2.05) is 91.9 Å². The van der Waals surface area contributed by atoms with Crippen molar-refractivity contribution in [2.45, 2.75) is 26.6 Å². The number of urea groups is 1. The predicted octanol–water partition coefficient (Wildman–Crippen LogP) is 4.75. The van der Waals surface area contributed by atoms with E-state index < -0.39 is 0 Å². The highest BCUT2D eigenvalue weighted by Crippen LogP contribution is 2.15. The van der Waals surface area contributed by atoms with Crippen LogP contribution in [-0.4, -0.2) is 15.9 Å². The molecule has 5 nitrogen and oxygen atoms in total. The molecule has 2 amide bonds. The quantitative estimate of drug-likeness (QED) is 0.481. The van der Waals surface area contributed by atoms with Crippen LogP contribution in [0.5, 0.6) is 0 Å². The van der Waals surface area contributed by atoms with Crippen LogP contribution in [0.15, 0.2) is 89.7 Å². The highest BCUT2D eigenvalue weighted by atomic mass is 16.2. The summed E-state index contributed by atoms with van der Waals surface area (Å²) in [5.74, 6) is 0. The fourth-order valence-electron chi connectivity index (χ4n) is 3.57. The molecule has 4 aromatic rings. The van der Waals surface area contributed by atoms with Crippen molar-refractivity contribution in [3.63, 3.8) is 0 Å². The number of aromatic amines is 1. The van der Waals surface area contributed by atoms with Gasteiger partial charge in [-0.25, -0.2) is 4.79 Å². The summed E-state index contributed by atoms with van der Waals surface area (Å²) in [5.41, 5.74) is 4.30. The van der Waals surface area contributed by atoms with Gasteiger partial charge >= 0.3 is 6.03 Å². The van der Waals surface area contributed by atoms with E-state index in [1.165, 1.54) is 0 Å². The Balaban J connectivity index is 1.58. The third-order valence-electron chi connectivity index (χ3n) is 5.23. The standard InChI is InChI=1S/C26H25N3O2/c1-19-12-13-22-15-23(25(30)28-24(22)14-19)18-29(17-21-10-6-3-7-11-21)26(31)27-16-20-8-4-2-5-9-20/h2-15H,16-18H2,1H3,(H,27,31)(H,28,30). The number of benzene rings is 3. The summed E-state index contributed by atoms with van der Waals surface area (Å²) in [6, 6.07) is 27.2. The van der Waals surface area contributed by atoms with Crippen molar-refractivity contribution in [3.05, 3.63) is 118 Å². The average molecular weight is 412 g/mol. The van der Waals surface area contributed by atoms with Crippen LogP contribution in [0.4, 0.5) is 4.79 Å². The van der Waals surface area contributed by atoms with Crippen molar-refractivity contribution in [1.82, 2.24) is 15.2 Å². The molecule has 5 heteroatoms. The molecule has 0 radical (unpaired) electrons. The number of H-pyrrole nitrogens is 1. The van der Waals surface area contributed by atoms with Crippen molar-refractivity contribution in [2.24, 2.45) is 0 Å². The van der Waals surface area contributed by atoms with Crippen LogP contribution < -0.4 is 10.9 Å². The second-order valence-corrected chi connectivity index (χ2v) is 7.70. The zero-order valence-electron chi connectivity index (χ0n) is 17.5. The van der Waals surface area contributed by atoms with Crippen LogP contribution in [0.1, 0.15) is 22.3 Å². The second kappa shape index (κ2) is 9.30. The Morgan fingerprint density at radius 3 is 2.26 bits per heavy atom. The van der Waals surface area contributed by atoms with Gasteiger partial charge in [-0.05, 0) is 41.1 Å². The van der Waals surface area contributed by atoms with E-state index in [-0.39, 0.29) is 18.1 Å². The van der Waals surface area contributed by atoms with Gasteiger partial charge in [-0.3, -0.25) is 4.79 Å². The molecule has 0 aliphatic carbocycles. The molecule has 4 rings (SSSR count). The number of carbonyl (C=O) groups is 1. The molecule has 1 heterocycles. The maximum absolute atomic E-state index is 13.0. The van der Waals surface area contributed by atoms with E-state index in [0.717, 1.165) is 27.6 Å². The van der Waals surface area contributed by atoms with E-state index in [1.54, 1.807) is 4.90 Å². The van der Waals surface area contributed by atoms with Crippen LogP contribution in [0.25, 0.3) is 10.9 Å². The van der Waals surface area contributed by atoms with Gasteiger partial charge in [0.15, 0.2) is 0 Å². The molecule has 0 atom stereocenters. The van der Waals surface area contributed by atoms with Crippen LogP contribution in [0.3, 0.4) is 0 Å². The molecule has 0 spiro atoms. The third kappa shape index (κ3) is 5.20. The Hall–Kier alpha value is -3.86. The average Bonchev–Trinajstić information content (AvgIpc) is 2.79. The summed E-state index contributed by atoms with van der Waals surface area (Å²) >= 11 is 0. The number of nitrogens with one attached hydrogen (secondary N) is 2. The zero-order valence-corrected chi connectivity index (χ0v) is 17.5. The highest BCUT2D eigenvalue weighted by molar-refractivity contribution is 5.80. The molecule has 0 aliphatic rings. The first-order valence-electron chi connectivity index (χ1n) is 10.3. The Morgan fingerprint density at radius 1 is 0.871 bits per heavy atom. The number of fused-ring (bicyclic) bond motifs is 1. The molecule has 2 N–H and O–H groups in total. The number of aryl methyl sites for hydroxylation is 1. The van der Waals surface area contributed by atoms with Crippen LogP contribution in [0.2, 0.25) is 0 Å². The van der Waals surface area contributed by atoms with E-state index in [0.29, 0.717) is 18.7 Å². The monoisotopic (exact) mass is 411 g/mol. The fraction of sp³-hybridized carbons (Fsp3) is 0.154. The molecular weight excluding hydrogens is 386 g/mol. The normalized spacial score (nSPS) is 10.7. The Morgan fingerprint density at radius 2 is 1.55 bits per heavy atom. The SMILES string of the molecule is Cc1ccc2cc(CN(Cc3ccccc3)C(=O)NCc3ccccc3)c(=O)[nH]c2c1. The van der Waals surface area contributed by atoms with Gasteiger partial charge in [0.2, 0.25) is 0 Å². The van der Waals surface area contributed by atoms with Crippen LogP contribution in [0, 0.1) is 6.92 Å². The smallest absolute Gasteiger partial charge is 0.318 e. The van der Waals surface area contributed by atoms with E-state index in [9.17, 15) is 9.59 Å². The minimum Gasteiger partial charge on any atom is -0.334 e. The number of amides is 2. The number of aromatic nitrogens is 1. The minimum absolute atomic E-state index is 0.174. The first kappa shape index (κ1) is 20.4. The molecule has 156 valence electrons. The van der Waals surface area contributed by atoms with Gasteiger partial charge in [0, 0.05) is 24.2 Å². The van der Waals surface area contributed by atoms with Crippen molar-refractivity contribution in [3.8, 4) is 0 Å². The molecular formula is C26H25N3O2. The van der Waals surface area contributed by atoms with Crippen molar-refractivity contribution >= 4 is 16.9 Å². The second-order valence-electron chi connectivity index (χ2n) is 7.70. The molecule has 0 bridgehead atoms. The largest absolute Gasteiger partial charge is 0.334 e. The number of hydrogen-bond acceptors (Lipinski definition) is 2.